The molecule has 3 N–H and O–H groups in total. The first-order valence-electron chi connectivity index (χ1n) is 6.69. The zero-order valence-corrected chi connectivity index (χ0v) is 12.2. The first kappa shape index (κ1) is 16.8. The number of rotatable bonds is 4. The fourth-order valence-electron chi connectivity index (χ4n) is 1.87. The molecule has 0 saturated heterocycles. The molecule has 0 aliphatic carbocycles. The molecule has 0 aliphatic heterocycles. The van der Waals surface area contributed by atoms with E-state index < -0.39 is 17.8 Å². The van der Waals surface area contributed by atoms with Gasteiger partial charge in [-0.1, -0.05) is 6.07 Å². The molecule has 2 amide bonds. The van der Waals surface area contributed by atoms with Gasteiger partial charge < -0.3 is 15.7 Å². The van der Waals surface area contributed by atoms with Gasteiger partial charge in [-0.15, -0.1) is 0 Å². The van der Waals surface area contributed by atoms with Gasteiger partial charge in [-0.2, -0.15) is 18.3 Å². The average Bonchev–Trinajstić information content (AvgIpc) is 2.87. The summed E-state index contributed by atoms with van der Waals surface area (Å²) in [6.45, 7) is 1.77. The van der Waals surface area contributed by atoms with E-state index in [1.54, 1.807) is 6.92 Å². The van der Waals surface area contributed by atoms with Crippen molar-refractivity contribution in [2.45, 2.75) is 19.6 Å². The van der Waals surface area contributed by atoms with Gasteiger partial charge in [0.1, 0.15) is 0 Å². The van der Waals surface area contributed by atoms with Crippen LogP contribution in [0.4, 0.5) is 29.3 Å². The van der Waals surface area contributed by atoms with Crippen molar-refractivity contribution in [2.75, 3.05) is 17.2 Å². The number of benzene rings is 1. The predicted molar refractivity (Wildman–Crippen MR) is 78.1 cm³/mol. The van der Waals surface area contributed by atoms with Crippen LogP contribution in [-0.4, -0.2) is 27.5 Å². The molecule has 0 fully saturated rings. The Kier molecular flexibility index (Phi) is 4.89. The van der Waals surface area contributed by atoms with Gasteiger partial charge in [0.25, 0.3) is 0 Å². The van der Waals surface area contributed by atoms with Gasteiger partial charge in [0.15, 0.2) is 0 Å². The smallest absolute Gasteiger partial charge is 0.394 e. The van der Waals surface area contributed by atoms with Crippen LogP contribution in [0.1, 0.15) is 11.1 Å². The quantitative estimate of drug-likeness (QED) is 0.807. The Morgan fingerprint density at radius 2 is 2.09 bits per heavy atom. The number of nitrogens with zero attached hydrogens (tertiary/aromatic N) is 2. The number of halogens is 3. The molecule has 0 spiro atoms. The first-order valence-corrected chi connectivity index (χ1v) is 6.69. The highest BCUT2D eigenvalue weighted by molar-refractivity contribution is 6.00. The molecule has 1 heterocycles. The highest BCUT2D eigenvalue weighted by atomic mass is 19.4. The molecule has 1 aromatic carbocycles. The third-order valence-electron chi connectivity index (χ3n) is 3.03. The Labute approximate surface area is 129 Å². The minimum atomic E-state index is -4.48. The second-order valence-corrected chi connectivity index (χ2v) is 4.82. The third kappa shape index (κ3) is 4.46. The van der Waals surface area contributed by atoms with E-state index in [1.165, 1.54) is 23.1 Å². The van der Waals surface area contributed by atoms with Gasteiger partial charge in [0, 0.05) is 11.9 Å². The zero-order valence-electron chi connectivity index (χ0n) is 12.2. The van der Waals surface area contributed by atoms with Crippen LogP contribution in [0.25, 0.3) is 0 Å². The topological polar surface area (TPSA) is 79.2 Å². The number of urea groups is 1. The number of aliphatic hydroxyl groups is 1. The van der Waals surface area contributed by atoms with E-state index in [9.17, 15) is 18.0 Å². The van der Waals surface area contributed by atoms with Crippen molar-refractivity contribution in [3.8, 4) is 0 Å². The summed E-state index contributed by atoms with van der Waals surface area (Å²) in [5.74, 6) is 0. The maximum absolute atomic E-state index is 12.7. The number of aromatic nitrogens is 2. The molecule has 0 bridgehead atoms. The number of nitrogens with one attached hydrogen (secondary N) is 2. The molecule has 0 atom stereocenters. The molecule has 9 heteroatoms. The Balaban J connectivity index is 2.07. The van der Waals surface area contributed by atoms with E-state index >= 15 is 0 Å². The fourth-order valence-corrected chi connectivity index (χ4v) is 1.87. The van der Waals surface area contributed by atoms with E-state index in [-0.39, 0.29) is 18.8 Å². The van der Waals surface area contributed by atoms with E-state index in [0.717, 1.165) is 12.1 Å². The Bertz CT molecular complexity index is 698. The van der Waals surface area contributed by atoms with Crippen LogP contribution in [0, 0.1) is 6.92 Å². The summed E-state index contributed by atoms with van der Waals surface area (Å²) in [5, 5.41) is 17.5. The molecule has 0 saturated carbocycles. The minimum Gasteiger partial charge on any atom is -0.394 e. The molecule has 0 aliphatic rings. The Morgan fingerprint density at radius 3 is 2.74 bits per heavy atom. The number of aryl methyl sites for hydroxylation is 1. The summed E-state index contributed by atoms with van der Waals surface area (Å²) < 4.78 is 39.5. The van der Waals surface area contributed by atoms with Gasteiger partial charge in [-0.3, -0.25) is 4.68 Å². The minimum absolute atomic E-state index is 0.0695. The van der Waals surface area contributed by atoms with E-state index in [1.807, 2.05) is 0 Å². The number of carbonyl (C=O) groups is 1. The summed E-state index contributed by atoms with van der Waals surface area (Å²) >= 11 is 0. The molecule has 124 valence electrons. The molecular formula is C14H15F3N4O2. The standard InChI is InChI=1S/C14H15F3N4O2/c1-9-2-3-10(14(15,16)17)6-12(9)20-13(23)19-11-7-18-21(8-11)4-5-22/h2-3,6-8,22H,4-5H2,1H3,(H2,19,20,23). The lowest BCUT2D eigenvalue weighted by Gasteiger charge is -2.12. The SMILES string of the molecule is Cc1ccc(C(F)(F)F)cc1NC(=O)Nc1cnn(CCO)c1. The first-order chi connectivity index (χ1) is 10.8. The maximum atomic E-state index is 12.7. The summed E-state index contributed by atoms with van der Waals surface area (Å²) in [6.07, 6.45) is -1.62. The molecule has 0 unspecified atom stereocenters. The van der Waals surface area contributed by atoms with Crippen LogP contribution in [0.3, 0.4) is 0 Å². The largest absolute Gasteiger partial charge is 0.416 e. The summed E-state index contributed by atoms with van der Waals surface area (Å²) in [4.78, 5) is 11.9. The van der Waals surface area contributed by atoms with Crippen molar-refractivity contribution in [2.24, 2.45) is 0 Å². The maximum Gasteiger partial charge on any atom is 0.416 e. The van der Waals surface area contributed by atoms with Crippen molar-refractivity contribution < 1.29 is 23.1 Å². The summed E-state index contributed by atoms with van der Waals surface area (Å²) in [5.41, 5.74) is 0.0962. The molecule has 0 radical (unpaired) electrons. The molecule has 23 heavy (non-hydrogen) atoms. The third-order valence-corrected chi connectivity index (χ3v) is 3.03. The lowest BCUT2D eigenvalue weighted by atomic mass is 10.1. The lowest BCUT2D eigenvalue weighted by molar-refractivity contribution is -0.137. The average molecular weight is 328 g/mol. The predicted octanol–water partition coefficient (Wildman–Crippen LogP) is 2.85. The van der Waals surface area contributed by atoms with Gasteiger partial charge >= 0.3 is 12.2 Å². The van der Waals surface area contributed by atoms with Crippen LogP contribution < -0.4 is 10.6 Å². The van der Waals surface area contributed by atoms with Gasteiger partial charge in [0.05, 0.1) is 30.6 Å². The highest BCUT2D eigenvalue weighted by Crippen LogP contribution is 2.32. The zero-order chi connectivity index (χ0) is 17.0. The number of carbonyl (C=O) groups excluding carboxylic acids is 1. The fraction of sp³-hybridized carbons (Fsp3) is 0.286. The van der Waals surface area contributed by atoms with Gasteiger partial charge in [-0.25, -0.2) is 4.79 Å². The van der Waals surface area contributed by atoms with E-state index in [4.69, 9.17) is 5.11 Å². The van der Waals surface area contributed by atoms with Crippen molar-refractivity contribution >= 4 is 17.4 Å². The lowest BCUT2D eigenvalue weighted by Crippen LogP contribution is -2.20. The van der Waals surface area contributed by atoms with Crippen LogP contribution in [0.5, 0.6) is 0 Å². The normalized spacial score (nSPS) is 11.3. The van der Waals surface area contributed by atoms with Gasteiger partial charge in [-0.05, 0) is 24.6 Å². The molecule has 2 rings (SSSR count). The second-order valence-electron chi connectivity index (χ2n) is 4.82. The van der Waals surface area contributed by atoms with Crippen molar-refractivity contribution in [1.82, 2.24) is 9.78 Å². The van der Waals surface area contributed by atoms with Crippen LogP contribution in [-0.2, 0) is 12.7 Å². The van der Waals surface area contributed by atoms with E-state index in [0.29, 0.717) is 11.3 Å². The number of alkyl halides is 3. The number of hydrogen-bond donors (Lipinski definition) is 3. The number of anilines is 2. The van der Waals surface area contributed by atoms with Gasteiger partial charge in [0.2, 0.25) is 0 Å². The van der Waals surface area contributed by atoms with Crippen molar-refractivity contribution in [3.63, 3.8) is 0 Å². The number of aliphatic hydroxyl groups excluding tert-OH is 1. The molecule has 1 aromatic heterocycles. The molecule has 2 aromatic rings. The molecular weight excluding hydrogens is 313 g/mol. The van der Waals surface area contributed by atoms with Crippen LogP contribution in [0.2, 0.25) is 0 Å². The molecule has 6 nitrogen and oxygen atoms in total. The van der Waals surface area contributed by atoms with Crippen LogP contribution >= 0.6 is 0 Å². The Hall–Kier alpha value is -2.55. The highest BCUT2D eigenvalue weighted by Gasteiger charge is 2.30. The Morgan fingerprint density at radius 1 is 1.35 bits per heavy atom. The monoisotopic (exact) mass is 328 g/mol. The van der Waals surface area contributed by atoms with E-state index in [2.05, 4.69) is 15.7 Å². The van der Waals surface area contributed by atoms with Crippen molar-refractivity contribution in [3.05, 3.63) is 41.7 Å². The number of hydrogen-bond acceptors (Lipinski definition) is 3. The number of amides is 2. The van der Waals surface area contributed by atoms with Crippen LogP contribution in [0.15, 0.2) is 30.6 Å². The summed E-state index contributed by atoms with van der Waals surface area (Å²) in [7, 11) is 0. The second kappa shape index (κ2) is 6.69. The van der Waals surface area contributed by atoms with Crippen molar-refractivity contribution in [1.29, 1.82) is 0 Å². The summed E-state index contributed by atoms with van der Waals surface area (Å²) in [6, 6.07) is 2.44.